The lowest BCUT2D eigenvalue weighted by Gasteiger charge is -2.29. The lowest BCUT2D eigenvalue weighted by molar-refractivity contribution is 0.469. The average Bonchev–Trinajstić information content (AvgIpc) is 3.28. The minimum Gasteiger partial charge on any atom is -0.508 e. The van der Waals surface area contributed by atoms with E-state index in [1.54, 1.807) is 0 Å². The Hall–Kier alpha value is -3.63. The fourth-order valence-electron chi connectivity index (χ4n) is 4.88. The van der Waals surface area contributed by atoms with Gasteiger partial charge in [-0.1, -0.05) is 32.9 Å². The number of benzene rings is 2. The third-order valence-electron chi connectivity index (χ3n) is 6.65. The molecule has 5 rings (SSSR count). The third kappa shape index (κ3) is 4.49. The number of piperidine rings is 1. The summed E-state index contributed by atoms with van der Waals surface area (Å²) >= 11 is 0. The largest absolute Gasteiger partial charge is 0.508 e. The van der Waals surface area contributed by atoms with Crippen LogP contribution in [0.25, 0.3) is 33.4 Å². The van der Waals surface area contributed by atoms with Gasteiger partial charge in [-0.3, -0.25) is 5.10 Å². The van der Waals surface area contributed by atoms with Gasteiger partial charge in [-0.2, -0.15) is 10.4 Å². The van der Waals surface area contributed by atoms with Gasteiger partial charge in [-0.15, -0.1) is 12.4 Å². The molecule has 0 amide bonds. The number of aromatic nitrogens is 3. The van der Waals surface area contributed by atoms with Gasteiger partial charge in [-0.25, -0.2) is 9.37 Å². The highest BCUT2D eigenvalue weighted by atomic mass is 35.5. The molecule has 36 heavy (non-hydrogen) atoms. The van der Waals surface area contributed by atoms with Crippen molar-refractivity contribution in [3.8, 4) is 34.2 Å². The van der Waals surface area contributed by atoms with Crippen LogP contribution in [0.5, 0.6) is 5.75 Å². The fourth-order valence-corrected chi connectivity index (χ4v) is 4.88. The second-order valence-corrected chi connectivity index (χ2v) is 10.1. The van der Waals surface area contributed by atoms with Gasteiger partial charge >= 0.3 is 0 Å². The van der Waals surface area contributed by atoms with Crippen molar-refractivity contribution >= 4 is 29.1 Å². The predicted octanol–water partition coefficient (Wildman–Crippen LogP) is 6.72. The highest BCUT2D eigenvalue weighted by Crippen LogP contribution is 2.41. The van der Waals surface area contributed by atoms with Crippen LogP contribution in [0, 0.1) is 17.1 Å². The van der Waals surface area contributed by atoms with Crippen molar-refractivity contribution in [2.45, 2.75) is 45.4 Å². The third-order valence-corrected chi connectivity index (χ3v) is 6.65. The van der Waals surface area contributed by atoms with Gasteiger partial charge in [0.25, 0.3) is 0 Å². The molecule has 1 aliphatic rings. The molecule has 0 unspecified atom stereocenters. The number of nitrogens with one attached hydrogen (secondary N) is 1. The predicted molar refractivity (Wildman–Crippen MR) is 143 cm³/mol. The SMILES string of the molecule is CC(C)(C)c1[nH]nc2nc(-c3ccc(O)cc3F)c(C#N)c(-c3ccc(N4CCCCC4)cc3)c12.Cl. The summed E-state index contributed by atoms with van der Waals surface area (Å²) < 4.78 is 14.9. The lowest BCUT2D eigenvalue weighted by Crippen LogP contribution is -2.29. The molecular formula is C28H29ClFN5O. The number of nitriles is 1. The molecule has 8 heteroatoms. The molecule has 6 nitrogen and oxygen atoms in total. The van der Waals surface area contributed by atoms with E-state index in [1.807, 2.05) is 12.1 Å². The Kier molecular flexibility index (Phi) is 6.92. The first-order valence-corrected chi connectivity index (χ1v) is 11.9. The molecule has 2 aromatic carbocycles. The topological polar surface area (TPSA) is 88.8 Å². The summed E-state index contributed by atoms with van der Waals surface area (Å²) in [5, 5.41) is 28.3. The van der Waals surface area contributed by atoms with E-state index in [9.17, 15) is 14.8 Å². The van der Waals surface area contributed by atoms with Crippen LogP contribution < -0.4 is 4.90 Å². The van der Waals surface area contributed by atoms with Crippen molar-refractivity contribution < 1.29 is 9.50 Å². The van der Waals surface area contributed by atoms with E-state index in [0.29, 0.717) is 11.2 Å². The normalized spacial score (nSPS) is 13.9. The van der Waals surface area contributed by atoms with E-state index >= 15 is 0 Å². The van der Waals surface area contributed by atoms with Gasteiger partial charge in [0.15, 0.2) is 5.65 Å². The number of phenolic OH excluding ortho intramolecular Hbond substituents is 1. The molecule has 186 valence electrons. The Morgan fingerprint density at radius 3 is 2.36 bits per heavy atom. The number of nitrogens with zero attached hydrogens (tertiary/aromatic N) is 4. The Balaban J connectivity index is 0.00000304. The zero-order chi connectivity index (χ0) is 24.7. The van der Waals surface area contributed by atoms with Gasteiger partial charge in [-0.05, 0) is 49.1 Å². The maximum atomic E-state index is 14.9. The molecule has 0 spiro atoms. The number of hydrogen-bond donors (Lipinski definition) is 2. The number of rotatable bonds is 3. The highest BCUT2D eigenvalue weighted by Gasteiger charge is 2.28. The van der Waals surface area contributed by atoms with Crippen LogP contribution in [-0.2, 0) is 5.41 Å². The summed E-state index contributed by atoms with van der Waals surface area (Å²) in [7, 11) is 0. The standard InChI is InChI=1S/C28H28FN5O.ClH/c1-28(2,3)26-24-23(17-7-9-18(10-8-17)34-13-5-4-6-14-34)21(16-30)25(31-27(24)33-32-26)20-12-11-19(35)15-22(20)29;/h7-12,15,35H,4-6,13-14H2,1-3H3,(H,31,32,33);1H. The summed E-state index contributed by atoms with van der Waals surface area (Å²) in [6, 6.07) is 14.4. The van der Waals surface area contributed by atoms with Crippen molar-refractivity contribution in [1.82, 2.24) is 15.2 Å². The Bertz CT molecular complexity index is 1440. The van der Waals surface area contributed by atoms with Crippen LogP contribution in [0.3, 0.4) is 0 Å². The molecule has 4 aromatic rings. The first-order chi connectivity index (χ1) is 16.8. The maximum Gasteiger partial charge on any atom is 0.182 e. The molecule has 1 fully saturated rings. The minimum atomic E-state index is -0.647. The van der Waals surface area contributed by atoms with Crippen LogP contribution in [0.15, 0.2) is 42.5 Å². The smallest absolute Gasteiger partial charge is 0.182 e. The zero-order valence-corrected chi connectivity index (χ0v) is 21.4. The number of fused-ring (bicyclic) bond motifs is 1. The van der Waals surface area contributed by atoms with Gasteiger partial charge in [0.05, 0.1) is 22.3 Å². The Morgan fingerprint density at radius 2 is 1.75 bits per heavy atom. The van der Waals surface area contributed by atoms with Crippen LogP contribution in [-0.4, -0.2) is 33.4 Å². The first kappa shape index (κ1) is 25.5. The molecule has 3 heterocycles. The monoisotopic (exact) mass is 505 g/mol. The van der Waals surface area contributed by atoms with Gasteiger partial charge in [0, 0.05) is 41.4 Å². The molecule has 0 saturated carbocycles. The van der Waals surface area contributed by atoms with Crippen LogP contribution >= 0.6 is 12.4 Å². The first-order valence-electron chi connectivity index (χ1n) is 11.9. The second kappa shape index (κ2) is 9.79. The van der Waals surface area contributed by atoms with Gasteiger partial charge in [0.2, 0.25) is 0 Å². The second-order valence-electron chi connectivity index (χ2n) is 10.1. The van der Waals surface area contributed by atoms with E-state index in [2.05, 4.69) is 59.1 Å². The quantitative estimate of drug-likeness (QED) is 0.322. The van der Waals surface area contributed by atoms with E-state index in [0.717, 1.165) is 41.5 Å². The molecule has 2 N–H and O–H groups in total. The number of aromatic hydroxyl groups is 1. The van der Waals surface area contributed by atoms with Crippen molar-refractivity contribution in [3.63, 3.8) is 0 Å². The van der Waals surface area contributed by atoms with E-state index in [4.69, 9.17) is 0 Å². The molecule has 0 radical (unpaired) electrons. The van der Waals surface area contributed by atoms with Crippen molar-refractivity contribution in [2.75, 3.05) is 18.0 Å². The number of hydrogen-bond acceptors (Lipinski definition) is 5. The molecule has 2 aromatic heterocycles. The number of anilines is 1. The van der Waals surface area contributed by atoms with E-state index in [1.165, 1.54) is 31.4 Å². The Labute approximate surface area is 216 Å². The summed E-state index contributed by atoms with van der Waals surface area (Å²) in [5.41, 5.74) is 4.33. The Morgan fingerprint density at radius 1 is 1.06 bits per heavy atom. The molecule has 0 bridgehead atoms. The summed E-state index contributed by atoms with van der Waals surface area (Å²) in [6.45, 7) is 8.30. The molecule has 1 saturated heterocycles. The number of aromatic amines is 1. The maximum absolute atomic E-state index is 14.9. The number of pyridine rings is 1. The number of phenols is 1. The zero-order valence-electron chi connectivity index (χ0n) is 20.6. The molecule has 0 atom stereocenters. The average molecular weight is 506 g/mol. The van der Waals surface area contributed by atoms with Crippen LogP contribution in [0.1, 0.15) is 51.3 Å². The van der Waals surface area contributed by atoms with Crippen molar-refractivity contribution in [3.05, 3.63) is 59.5 Å². The van der Waals surface area contributed by atoms with Crippen molar-refractivity contribution in [2.24, 2.45) is 0 Å². The van der Waals surface area contributed by atoms with E-state index < -0.39 is 5.82 Å². The molecule has 1 aliphatic heterocycles. The van der Waals surface area contributed by atoms with Gasteiger partial charge < -0.3 is 10.0 Å². The summed E-state index contributed by atoms with van der Waals surface area (Å²) in [5.74, 6) is -0.833. The lowest BCUT2D eigenvalue weighted by atomic mass is 9.85. The van der Waals surface area contributed by atoms with Crippen LogP contribution in [0.2, 0.25) is 0 Å². The summed E-state index contributed by atoms with van der Waals surface area (Å²) in [4.78, 5) is 7.01. The minimum absolute atomic E-state index is 0. The van der Waals surface area contributed by atoms with Crippen molar-refractivity contribution in [1.29, 1.82) is 5.26 Å². The number of H-pyrrole nitrogens is 1. The fraction of sp³-hybridized carbons (Fsp3) is 0.321. The van der Waals surface area contributed by atoms with Gasteiger partial charge in [0.1, 0.15) is 17.6 Å². The van der Waals surface area contributed by atoms with Crippen LogP contribution in [0.4, 0.5) is 10.1 Å². The van der Waals surface area contributed by atoms with E-state index in [-0.39, 0.29) is 40.4 Å². The molecular weight excluding hydrogens is 477 g/mol. The molecule has 0 aliphatic carbocycles. The number of halogens is 2. The highest BCUT2D eigenvalue weighted by molar-refractivity contribution is 6.01. The summed E-state index contributed by atoms with van der Waals surface area (Å²) in [6.07, 6.45) is 3.65.